The summed E-state index contributed by atoms with van der Waals surface area (Å²) in [6, 6.07) is 5.05. The van der Waals surface area contributed by atoms with Crippen LogP contribution in [0.2, 0.25) is 5.02 Å². The van der Waals surface area contributed by atoms with Crippen LogP contribution in [0.1, 0.15) is 38.5 Å². The molecule has 1 aliphatic carbocycles. The highest BCUT2D eigenvalue weighted by Crippen LogP contribution is 2.38. The number of ether oxygens (including phenoxy) is 1. The molecule has 5 nitrogen and oxygen atoms in total. The maximum Gasteiger partial charge on any atom is 0.247 e. The molecule has 1 N–H and O–H groups in total. The van der Waals surface area contributed by atoms with Crippen LogP contribution in [0.4, 0.5) is 0 Å². The molecule has 1 aromatic rings. The van der Waals surface area contributed by atoms with E-state index in [1.807, 2.05) is 0 Å². The zero-order chi connectivity index (χ0) is 17.4. The maximum atomic E-state index is 13.5. The lowest BCUT2D eigenvalue weighted by atomic mass is 9.86. The van der Waals surface area contributed by atoms with Gasteiger partial charge in [-0.3, -0.25) is 0 Å². The first-order valence-corrected chi connectivity index (χ1v) is 11.0. The van der Waals surface area contributed by atoms with Gasteiger partial charge in [0.15, 0.2) is 0 Å². The molecule has 2 heterocycles. The van der Waals surface area contributed by atoms with Crippen molar-refractivity contribution in [3.05, 3.63) is 23.2 Å². The molecule has 0 radical (unpaired) electrons. The molecule has 0 spiro atoms. The Hall–Kier alpha value is -0.820. The molecule has 138 valence electrons. The Labute approximate surface area is 154 Å². The first-order chi connectivity index (χ1) is 12.1. The highest BCUT2D eigenvalue weighted by Gasteiger charge is 2.44. The predicted molar refractivity (Wildman–Crippen MR) is 97.6 cm³/mol. The molecule has 2 bridgehead atoms. The molecule has 1 saturated carbocycles. The van der Waals surface area contributed by atoms with E-state index in [2.05, 4.69) is 5.32 Å². The van der Waals surface area contributed by atoms with Crippen LogP contribution in [0.5, 0.6) is 5.75 Å². The fraction of sp³-hybridized carbons (Fsp3) is 0.667. The quantitative estimate of drug-likeness (QED) is 0.847. The van der Waals surface area contributed by atoms with Crippen LogP contribution in [-0.2, 0) is 10.0 Å². The minimum absolute atomic E-state index is 0.0240. The van der Waals surface area contributed by atoms with Gasteiger partial charge in [-0.25, -0.2) is 8.42 Å². The van der Waals surface area contributed by atoms with Crippen LogP contribution in [0.15, 0.2) is 23.1 Å². The van der Waals surface area contributed by atoms with Gasteiger partial charge in [0.2, 0.25) is 10.0 Å². The van der Waals surface area contributed by atoms with Crippen molar-refractivity contribution in [3.8, 4) is 5.75 Å². The van der Waals surface area contributed by atoms with E-state index in [1.54, 1.807) is 22.5 Å². The van der Waals surface area contributed by atoms with Crippen LogP contribution in [0.25, 0.3) is 0 Å². The summed E-state index contributed by atoms with van der Waals surface area (Å²) in [4.78, 5) is 0.220. The second-order valence-corrected chi connectivity index (χ2v) is 9.66. The Bertz CT molecular complexity index is 722. The highest BCUT2D eigenvalue weighted by molar-refractivity contribution is 7.89. The molecule has 1 aromatic carbocycles. The van der Waals surface area contributed by atoms with Gasteiger partial charge < -0.3 is 10.1 Å². The van der Waals surface area contributed by atoms with Crippen molar-refractivity contribution in [2.24, 2.45) is 5.92 Å². The molecular weight excluding hydrogens is 360 g/mol. The molecule has 25 heavy (non-hydrogen) atoms. The average Bonchev–Trinajstić information content (AvgIpc) is 2.80. The van der Waals surface area contributed by atoms with Gasteiger partial charge in [-0.2, -0.15) is 4.31 Å². The summed E-state index contributed by atoms with van der Waals surface area (Å²) < 4.78 is 34.6. The fourth-order valence-electron chi connectivity index (χ4n) is 4.11. The predicted octanol–water partition coefficient (Wildman–Crippen LogP) is 3.03. The third-order valence-corrected chi connectivity index (χ3v) is 8.01. The van der Waals surface area contributed by atoms with Crippen LogP contribution in [-0.4, -0.2) is 44.5 Å². The molecule has 3 aliphatic rings. The van der Waals surface area contributed by atoms with Crippen molar-refractivity contribution >= 4 is 21.6 Å². The summed E-state index contributed by atoms with van der Waals surface area (Å²) in [5, 5.41) is 3.78. The molecule has 0 aromatic heterocycles. The molecule has 7 heteroatoms. The van der Waals surface area contributed by atoms with Gasteiger partial charge in [-0.15, -0.1) is 0 Å². The van der Waals surface area contributed by atoms with Gasteiger partial charge in [0.05, 0.1) is 6.61 Å². The minimum atomic E-state index is -3.63. The Morgan fingerprint density at radius 1 is 1.16 bits per heavy atom. The van der Waals surface area contributed by atoms with E-state index in [9.17, 15) is 8.42 Å². The third-order valence-electron chi connectivity index (χ3n) is 5.75. The van der Waals surface area contributed by atoms with Gasteiger partial charge in [0.25, 0.3) is 0 Å². The van der Waals surface area contributed by atoms with Crippen molar-refractivity contribution in [2.45, 2.75) is 55.5 Å². The van der Waals surface area contributed by atoms with E-state index >= 15 is 0 Å². The number of fused-ring (bicyclic) bond motifs is 2. The van der Waals surface area contributed by atoms with Crippen LogP contribution in [0.3, 0.4) is 0 Å². The highest BCUT2D eigenvalue weighted by atomic mass is 35.5. The molecule has 0 amide bonds. The Morgan fingerprint density at radius 3 is 2.72 bits per heavy atom. The van der Waals surface area contributed by atoms with Gasteiger partial charge >= 0.3 is 0 Å². The second-order valence-electron chi connectivity index (χ2n) is 7.41. The number of hydrogen-bond acceptors (Lipinski definition) is 4. The molecular formula is C18H25ClN2O3S. The zero-order valence-corrected chi connectivity index (χ0v) is 15.9. The first-order valence-electron chi connectivity index (χ1n) is 9.22. The number of benzene rings is 1. The SMILES string of the molecule is O=S(=O)(c1cc(Cl)ccc1OCC1CCC1)N1C2CCNCC1CC2. The van der Waals surface area contributed by atoms with Gasteiger partial charge in [0, 0.05) is 23.7 Å². The van der Waals surface area contributed by atoms with E-state index in [0.29, 0.717) is 29.8 Å². The largest absolute Gasteiger partial charge is 0.492 e. The Balaban J connectivity index is 1.65. The Kier molecular flexibility index (Phi) is 4.97. The van der Waals surface area contributed by atoms with Gasteiger partial charge in [0.1, 0.15) is 10.6 Å². The molecule has 2 atom stereocenters. The summed E-state index contributed by atoms with van der Waals surface area (Å²) >= 11 is 6.13. The smallest absolute Gasteiger partial charge is 0.247 e. The van der Waals surface area contributed by atoms with Crippen molar-refractivity contribution in [1.82, 2.24) is 9.62 Å². The summed E-state index contributed by atoms with van der Waals surface area (Å²) in [5.41, 5.74) is 0. The Morgan fingerprint density at radius 2 is 1.96 bits per heavy atom. The summed E-state index contributed by atoms with van der Waals surface area (Å²) in [5.74, 6) is 0.984. The topological polar surface area (TPSA) is 58.6 Å². The van der Waals surface area contributed by atoms with E-state index < -0.39 is 10.0 Å². The van der Waals surface area contributed by atoms with Crippen molar-refractivity contribution in [1.29, 1.82) is 0 Å². The van der Waals surface area contributed by atoms with Crippen LogP contribution >= 0.6 is 11.6 Å². The van der Waals surface area contributed by atoms with Crippen molar-refractivity contribution in [2.75, 3.05) is 19.7 Å². The third kappa shape index (κ3) is 3.42. The standard InChI is InChI=1S/C18H25ClN2O3S/c19-14-4-7-17(24-12-13-2-1-3-13)18(10-14)25(22,23)21-15-5-6-16(21)11-20-9-8-15/h4,7,10,13,15-16,20H,1-3,5-6,8-9,11-12H2. The van der Waals surface area contributed by atoms with Crippen molar-refractivity contribution in [3.63, 3.8) is 0 Å². The molecule has 4 rings (SSSR count). The monoisotopic (exact) mass is 384 g/mol. The maximum absolute atomic E-state index is 13.5. The number of nitrogens with zero attached hydrogens (tertiary/aromatic N) is 1. The van der Waals surface area contributed by atoms with E-state index in [1.165, 1.54) is 6.42 Å². The lowest BCUT2D eigenvalue weighted by molar-refractivity contribution is 0.177. The number of sulfonamides is 1. The molecule has 3 fully saturated rings. The number of hydrogen-bond donors (Lipinski definition) is 1. The van der Waals surface area contributed by atoms with Crippen molar-refractivity contribution < 1.29 is 13.2 Å². The lowest BCUT2D eigenvalue weighted by Gasteiger charge is -2.29. The normalized spacial score (nSPS) is 27.7. The average molecular weight is 385 g/mol. The van der Waals surface area contributed by atoms with Crippen LogP contribution in [0, 0.1) is 5.92 Å². The van der Waals surface area contributed by atoms with Gasteiger partial charge in [-0.1, -0.05) is 18.0 Å². The number of nitrogens with one attached hydrogen (secondary N) is 1. The summed E-state index contributed by atoms with van der Waals surface area (Å²) in [7, 11) is -3.63. The zero-order valence-electron chi connectivity index (χ0n) is 14.3. The van der Waals surface area contributed by atoms with E-state index in [0.717, 1.165) is 38.6 Å². The lowest BCUT2D eigenvalue weighted by Crippen LogP contribution is -2.42. The van der Waals surface area contributed by atoms with E-state index in [-0.39, 0.29) is 17.0 Å². The molecule has 2 saturated heterocycles. The number of rotatable bonds is 5. The number of halogens is 1. The second kappa shape index (κ2) is 7.06. The molecule has 2 aliphatic heterocycles. The fourth-order valence-corrected chi connectivity index (χ4v) is 6.41. The summed E-state index contributed by atoms with van der Waals surface area (Å²) in [6.45, 7) is 2.17. The minimum Gasteiger partial charge on any atom is -0.492 e. The van der Waals surface area contributed by atoms with Gasteiger partial charge in [-0.05, 0) is 62.8 Å². The van der Waals surface area contributed by atoms with E-state index in [4.69, 9.17) is 16.3 Å². The van der Waals surface area contributed by atoms with Crippen LogP contribution < -0.4 is 10.1 Å². The first kappa shape index (κ1) is 17.6. The summed E-state index contributed by atoms with van der Waals surface area (Å²) in [6.07, 6.45) is 6.27. The molecule has 2 unspecified atom stereocenters.